The van der Waals surface area contributed by atoms with Gasteiger partial charge >= 0.3 is 25.7 Å². The number of esters is 3. The molecule has 3 fully saturated rings. The fourth-order valence-corrected chi connectivity index (χ4v) is 13.4. The highest BCUT2D eigenvalue weighted by molar-refractivity contribution is 7.47. The Balaban J connectivity index is 1.76. The lowest BCUT2D eigenvalue weighted by Crippen LogP contribution is -2.69. The minimum Gasteiger partial charge on any atom is -0.463 e. The topological polar surface area (TPSA) is 374 Å². The van der Waals surface area contributed by atoms with Crippen LogP contribution < -0.4 is 0 Å². The second-order valence-corrected chi connectivity index (χ2v) is 28.5. The fourth-order valence-electron chi connectivity index (χ4n) is 12.4. The summed E-state index contributed by atoms with van der Waals surface area (Å²) in [5.74, 6) is -2.24. The highest BCUT2D eigenvalue weighted by atomic mass is 31.2. The van der Waals surface area contributed by atoms with Gasteiger partial charge in [0.2, 0.25) is 0 Å². The van der Waals surface area contributed by atoms with Gasteiger partial charge in [-0.25, -0.2) is 9.36 Å². The second kappa shape index (κ2) is 54.1. The van der Waals surface area contributed by atoms with Crippen LogP contribution in [0.5, 0.6) is 0 Å². The Morgan fingerprint density at radius 2 is 0.794 bits per heavy atom. The summed E-state index contributed by atoms with van der Waals surface area (Å²) in [4.78, 5) is 50.8. The van der Waals surface area contributed by atoms with Crippen LogP contribution in [-0.4, -0.2) is 204 Å². The molecule has 0 aromatic carbocycles. The lowest BCUT2D eigenvalue weighted by molar-refractivity contribution is -0.360. The van der Waals surface area contributed by atoms with Crippen molar-refractivity contribution in [1.29, 1.82) is 0 Å². The van der Waals surface area contributed by atoms with Crippen LogP contribution in [0, 0.1) is 0 Å². The van der Waals surface area contributed by atoms with Crippen LogP contribution in [0.25, 0.3) is 0 Å². The average Bonchev–Trinajstić information content (AvgIpc) is 0.763. The normalized spacial score (nSPS) is 27.9. The van der Waals surface area contributed by atoms with Gasteiger partial charge in [0.05, 0.1) is 13.2 Å². The third kappa shape index (κ3) is 37.4. The van der Waals surface area contributed by atoms with Crippen molar-refractivity contribution >= 4 is 25.7 Å². The first kappa shape index (κ1) is 88.7. The van der Waals surface area contributed by atoms with Crippen LogP contribution in [0.4, 0.5) is 0 Å². The maximum absolute atomic E-state index is 14.3. The van der Waals surface area contributed by atoms with Gasteiger partial charge in [0, 0.05) is 18.9 Å². The molecule has 0 aromatic rings. The molecule has 0 amide bonds. The molecule has 3 aliphatic rings. The van der Waals surface area contributed by atoms with Gasteiger partial charge in [-0.05, 0) is 25.7 Å². The van der Waals surface area contributed by atoms with E-state index in [1.165, 1.54) is 154 Å². The first-order chi connectivity index (χ1) is 46.8. The molecule has 0 bridgehead atoms. The number of allylic oxidation sites excluding steroid dienone is 3. The summed E-state index contributed by atoms with van der Waals surface area (Å²) in [7, 11) is -5.71. The summed E-state index contributed by atoms with van der Waals surface area (Å²) in [6.07, 6.45) is 14.6. The van der Waals surface area contributed by atoms with Crippen LogP contribution in [0.2, 0.25) is 0 Å². The Hall–Kier alpha value is -2.56. The molecule has 18 unspecified atom stereocenters. The van der Waals surface area contributed by atoms with Crippen molar-refractivity contribution in [3.63, 3.8) is 0 Å². The highest BCUT2D eigenvalue weighted by Gasteiger charge is 2.58. The summed E-state index contributed by atoms with van der Waals surface area (Å²) >= 11 is 0. The zero-order chi connectivity index (χ0) is 71.1. The van der Waals surface area contributed by atoms with Crippen LogP contribution >= 0.6 is 7.82 Å². The molecule has 2 saturated heterocycles. The Labute approximate surface area is 579 Å². The Kier molecular flexibility index (Phi) is 49.5. The minimum atomic E-state index is -5.71. The maximum Gasteiger partial charge on any atom is 0.472 e. The van der Waals surface area contributed by atoms with Gasteiger partial charge in [-0.15, -0.1) is 0 Å². The molecule has 1 saturated carbocycles. The molecule has 2 heterocycles. The molecule has 1 aliphatic carbocycles. The first-order valence-electron chi connectivity index (χ1n) is 37.7. The van der Waals surface area contributed by atoms with Crippen LogP contribution in [-0.2, 0) is 61.2 Å². The lowest BCUT2D eigenvalue weighted by atomic mass is 9.84. The van der Waals surface area contributed by atoms with Crippen molar-refractivity contribution in [1.82, 2.24) is 0 Å². The number of phosphoric ester groups is 1. The van der Waals surface area contributed by atoms with Gasteiger partial charge in [0.25, 0.3) is 0 Å². The number of hydrogen-bond donors (Lipinski definition) is 11. The molecule has 0 radical (unpaired) electrons. The van der Waals surface area contributed by atoms with E-state index in [9.17, 15) is 74.9 Å². The SMILES string of the molecule is CCCCCCCCCCCCC/C=C/C=C/C(=O)OCC(COP(=O)(O)OC1C(OC2OC(CO)C(O)C(O)C2O)C(O)C(O)C(O)C1OC1OC(COC(=O)CCCCCCCCCCCCC)C(O)C(O)C1O)OC(=O)CCCCCCCCCCCCCCCCCC. The molecule has 0 spiro atoms. The molecule has 18 atom stereocenters. The Bertz CT molecular complexity index is 2110. The number of aliphatic hydroxyl groups is 10. The zero-order valence-corrected chi connectivity index (χ0v) is 60.0. The lowest BCUT2D eigenvalue weighted by Gasteiger charge is -2.49. The summed E-state index contributed by atoms with van der Waals surface area (Å²) in [6.45, 7) is 3.33. The predicted octanol–water partition coefficient (Wildman–Crippen LogP) is 10.1. The number of phosphoric acid groups is 1. The van der Waals surface area contributed by atoms with Crippen molar-refractivity contribution in [2.45, 2.75) is 388 Å². The first-order valence-corrected chi connectivity index (χ1v) is 39.2. The number of carbonyl (C=O) groups excluding carboxylic acids is 3. The van der Waals surface area contributed by atoms with Crippen molar-refractivity contribution in [2.75, 3.05) is 26.4 Å². The van der Waals surface area contributed by atoms with Crippen LogP contribution in [0.15, 0.2) is 24.3 Å². The fraction of sp³-hybridized carbons (Fsp3) is 0.903. The molecule has 97 heavy (non-hydrogen) atoms. The molecule has 3 rings (SSSR count). The Morgan fingerprint density at radius 3 is 1.22 bits per heavy atom. The number of rotatable bonds is 58. The zero-order valence-electron chi connectivity index (χ0n) is 59.1. The second-order valence-electron chi connectivity index (χ2n) is 27.1. The van der Waals surface area contributed by atoms with E-state index in [1.54, 1.807) is 6.08 Å². The summed E-state index contributed by atoms with van der Waals surface area (Å²) in [6, 6.07) is 0. The minimum absolute atomic E-state index is 0.0280. The monoisotopic (exact) mass is 1410 g/mol. The molecular weight excluding hydrogens is 1280 g/mol. The van der Waals surface area contributed by atoms with E-state index in [0.29, 0.717) is 12.8 Å². The number of aliphatic hydroxyl groups excluding tert-OH is 10. The average molecular weight is 1410 g/mol. The maximum atomic E-state index is 14.3. The summed E-state index contributed by atoms with van der Waals surface area (Å²) in [5.41, 5.74) is 0. The highest BCUT2D eigenvalue weighted by Crippen LogP contribution is 2.49. The smallest absolute Gasteiger partial charge is 0.463 e. The van der Waals surface area contributed by atoms with E-state index in [2.05, 4.69) is 20.8 Å². The van der Waals surface area contributed by atoms with Crippen LogP contribution in [0.1, 0.15) is 284 Å². The van der Waals surface area contributed by atoms with Gasteiger partial charge in [0.15, 0.2) is 18.7 Å². The quantitative estimate of drug-likeness (QED) is 0.00673. The molecule has 24 nitrogen and oxygen atoms in total. The number of unbranched alkanes of at least 4 members (excludes halogenated alkanes) is 36. The molecular formula is C72H131O24P. The third-order valence-electron chi connectivity index (χ3n) is 18.6. The summed E-state index contributed by atoms with van der Waals surface area (Å²) in [5, 5.41) is 110. The van der Waals surface area contributed by atoms with Crippen molar-refractivity contribution < 1.29 is 117 Å². The van der Waals surface area contributed by atoms with Gasteiger partial charge in [-0.3, -0.25) is 18.6 Å². The van der Waals surface area contributed by atoms with Gasteiger partial charge < -0.3 is 89.1 Å². The van der Waals surface area contributed by atoms with E-state index in [-0.39, 0.29) is 12.8 Å². The van der Waals surface area contributed by atoms with E-state index in [1.807, 2.05) is 6.08 Å². The van der Waals surface area contributed by atoms with Crippen LogP contribution in [0.3, 0.4) is 0 Å². The Morgan fingerprint density at radius 1 is 0.423 bits per heavy atom. The molecule has 2 aliphatic heterocycles. The van der Waals surface area contributed by atoms with Crippen molar-refractivity contribution in [3.8, 4) is 0 Å². The number of hydrogen-bond acceptors (Lipinski definition) is 23. The van der Waals surface area contributed by atoms with Gasteiger partial charge in [-0.2, -0.15) is 0 Å². The standard InChI is InChI=1S/C72H131O24P/c1-4-7-10-13-16-19-22-24-26-28-30-33-36-39-42-45-48-58(76)91-53(50-88-56(74)46-43-40-37-35-32-29-27-25-23-20-17-14-11-8-5-2)51-90-97(86,87)96-70-68(94-71-66(84)61(79)59(77)54(49-73)92-71)64(82)63(81)65(83)69(70)95-72-67(85)62(80)60(78)55(93-72)52-89-57(75)47-44-41-38-34-31-21-18-15-12-9-6-3/h37,40,43,46,53-55,59-73,77-85H,4-36,38-39,41-42,44-45,47-52H2,1-3H3,(H,86,87)/b40-37+,46-43+. The van der Waals surface area contributed by atoms with Gasteiger partial charge in [0.1, 0.15) is 98.7 Å². The van der Waals surface area contributed by atoms with E-state index in [0.717, 1.165) is 96.0 Å². The number of ether oxygens (including phenoxy) is 7. The number of carbonyl (C=O) groups is 3. The predicted molar refractivity (Wildman–Crippen MR) is 365 cm³/mol. The van der Waals surface area contributed by atoms with E-state index >= 15 is 0 Å². The van der Waals surface area contributed by atoms with E-state index < -0.39 is 156 Å². The van der Waals surface area contributed by atoms with Crippen molar-refractivity contribution in [2.24, 2.45) is 0 Å². The summed E-state index contributed by atoms with van der Waals surface area (Å²) < 4.78 is 64.8. The van der Waals surface area contributed by atoms with Crippen molar-refractivity contribution in [3.05, 3.63) is 24.3 Å². The third-order valence-corrected chi connectivity index (χ3v) is 19.6. The van der Waals surface area contributed by atoms with E-state index in [4.69, 9.17) is 42.2 Å². The largest absolute Gasteiger partial charge is 0.472 e. The molecule has 0 aromatic heterocycles. The van der Waals surface area contributed by atoms with Gasteiger partial charge in [-0.1, -0.05) is 264 Å². The molecule has 11 N–H and O–H groups in total. The molecule has 25 heteroatoms. The molecule has 568 valence electrons.